The maximum absolute atomic E-state index is 11.2. The minimum Gasteiger partial charge on any atom is -0.465 e. The van der Waals surface area contributed by atoms with Gasteiger partial charge in [0, 0.05) is 5.56 Å². The van der Waals surface area contributed by atoms with Gasteiger partial charge >= 0.3 is 5.97 Å². The number of methoxy groups -OCH3 is 1. The Balaban J connectivity index is 1.99. The van der Waals surface area contributed by atoms with E-state index in [0.717, 1.165) is 11.5 Å². The van der Waals surface area contributed by atoms with Crippen LogP contribution in [0.25, 0.3) is 0 Å². The predicted molar refractivity (Wildman–Crippen MR) is 66.5 cm³/mol. The van der Waals surface area contributed by atoms with Gasteiger partial charge in [0.05, 0.1) is 12.7 Å². The molecule has 0 spiro atoms. The lowest BCUT2D eigenvalue weighted by Crippen LogP contribution is -2.00. The maximum atomic E-state index is 11.2. The molecule has 0 amide bonds. The lowest BCUT2D eigenvalue weighted by molar-refractivity contribution is 0.0601. The minimum atomic E-state index is -0.321. The Hall–Kier alpha value is -2.01. The minimum absolute atomic E-state index is 0.321. The van der Waals surface area contributed by atoms with Gasteiger partial charge in [-0.2, -0.15) is 0 Å². The zero-order valence-electron chi connectivity index (χ0n) is 9.77. The number of allylic oxidation sites excluding steroid dienone is 2. The summed E-state index contributed by atoms with van der Waals surface area (Å²) in [5.41, 5.74) is 1.45. The molecule has 1 saturated carbocycles. The van der Waals surface area contributed by atoms with Crippen molar-refractivity contribution in [2.45, 2.75) is 12.8 Å². The molecule has 0 saturated heterocycles. The molecule has 2 nitrogen and oxygen atoms in total. The van der Waals surface area contributed by atoms with Gasteiger partial charge in [-0.15, -0.1) is 0 Å². The van der Waals surface area contributed by atoms with Crippen molar-refractivity contribution in [1.82, 2.24) is 0 Å². The normalized spacial score (nSPS) is 14.2. The molecule has 0 atom stereocenters. The highest BCUT2D eigenvalue weighted by Gasteiger charge is 2.16. The molecular weight excluding hydrogens is 212 g/mol. The van der Waals surface area contributed by atoms with Crippen molar-refractivity contribution >= 4 is 5.97 Å². The fraction of sp³-hybridized carbons (Fsp3) is 0.267. The second kappa shape index (κ2) is 5.36. The van der Waals surface area contributed by atoms with Crippen LogP contribution in [0, 0.1) is 17.8 Å². The van der Waals surface area contributed by atoms with Gasteiger partial charge < -0.3 is 4.74 Å². The van der Waals surface area contributed by atoms with Gasteiger partial charge in [0.1, 0.15) is 0 Å². The van der Waals surface area contributed by atoms with Crippen molar-refractivity contribution in [3.63, 3.8) is 0 Å². The van der Waals surface area contributed by atoms with Crippen molar-refractivity contribution in [2.75, 3.05) is 7.11 Å². The monoisotopic (exact) mass is 226 g/mol. The zero-order chi connectivity index (χ0) is 12.1. The van der Waals surface area contributed by atoms with Crippen LogP contribution in [-0.2, 0) is 4.74 Å². The third kappa shape index (κ3) is 3.49. The molecule has 2 rings (SSSR count). The number of carbonyl (C=O) groups is 1. The highest BCUT2D eigenvalue weighted by Crippen LogP contribution is 2.29. The van der Waals surface area contributed by atoms with Crippen molar-refractivity contribution in [1.29, 1.82) is 0 Å². The molecule has 1 aliphatic rings. The first kappa shape index (κ1) is 11.5. The van der Waals surface area contributed by atoms with Crippen LogP contribution in [0.1, 0.15) is 28.8 Å². The molecular formula is C15H14O2. The van der Waals surface area contributed by atoms with Gasteiger partial charge in [-0.1, -0.05) is 17.9 Å². The summed E-state index contributed by atoms with van der Waals surface area (Å²) in [5, 5.41) is 0. The molecule has 0 bridgehead atoms. The quantitative estimate of drug-likeness (QED) is 0.572. The van der Waals surface area contributed by atoms with Crippen LogP contribution in [0.15, 0.2) is 36.4 Å². The summed E-state index contributed by atoms with van der Waals surface area (Å²) in [4.78, 5) is 11.2. The van der Waals surface area contributed by atoms with Crippen molar-refractivity contribution in [3.05, 3.63) is 47.5 Å². The Morgan fingerprint density at radius 2 is 2.06 bits per heavy atom. The Kier molecular flexibility index (Phi) is 3.62. The fourth-order valence-corrected chi connectivity index (χ4v) is 1.41. The number of hydrogen-bond acceptors (Lipinski definition) is 2. The Labute approximate surface area is 101 Å². The SMILES string of the molecule is COC(=O)c1ccc(C#CC=CC2CC2)cc1. The Morgan fingerprint density at radius 1 is 1.35 bits per heavy atom. The molecule has 1 aromatic carbocycles. The number of rotatable bonds is 2. The van der Waals surface area contributed by atoms with E-state index >= 15 is 0 Å². The van der Waals surface area contributed by atoms with E-state index in [1.807, 2.05) is 18.2 Å². The molecule has 1 aromatic rings. The van der Waals surface area contributed by atoms with E-state index in [9.17, 15) is 4.79 Å². The van der Waals surface area contributed by atoms with E-state index in [-0.39, 0.29) is 5.97 Å². The molecule has 1 aliphatic carbocycles. The number of benzene rings is 1. The first-order valence-electron chi connectivity index (χ1n) is 5.66. The first-order valence-corrected chi connectivity index (χ1v) is 5.66. The predicted octanol–water partition coefficient (Wildman–Crippen LogP) is 2.79. The van der Waals surface area contributed by atoms with Gasteiger partial charge in [0.25, 0.3) is 0 Å². The Morgan fingerprint density at radius 3 is 2.65 bits per heavy atom. The third-order valence-electron chi connectivity index (χ3n) is 2.60. The summed E-state index contributed by atoms with van der Waals surface area (Å²) in [6.45, 7) is 0. The summed E-state index contributed by atoms with van der Waals surface area (Å²) in [6, 6.07) is 7.09. The number of hydrogen-bond donors (Lipinski definition) is 0. The average molecular weight is 226 g/mol. The molecule has 0 aliphatic heterocycles. The van der Waals surface area contributed by atoms with Crippen LogP contribution >= 0.6 is 0 Å². The molecule has 1 fully saturated rings. The molecule has 86 valence electrons. The van der Waals surface area contributed by atoms with Gasteiger partial charge in [0.15, 0.2) is 0 Å². The number of carbonyl (C=O) groups excluding carboxylic acids is 1. The second-order valence-corrected chi connectivity index (χ2v) is 4.03. The molecule has 17 heavy (non-hydrogen) atoms. The maximum Gasteiger partial charge on any atom is 0.337 e. The van der Waals surface area contributed by atoms with Crippen LogP contribution < -0.4 is 0 Å². The highest BCUT2D eigenvalue weighted by atomic mass is 16.5. The molecule has 0 N–H and O–H groups in total. The van der Waals surface area contributed by atoms with E-state index in [1.54, 1.807) is 12.1 Å². The molecule has 0 heterocycles. The third-order valence-corrected chi connectivity index (χ3v) is 2.60. The van der Waals surface area contributed by atoms with Crippen LogP contribution in [0.5, 0.6) is 0 Å². The zero-order valence-corrected chi connectivity index (χ0v) is 9.77. The summed E-state index contributed by atoms with van der Waals surface area (Å²) in [5.74, 6) is 6.45. The van der Waals surface area contributed by atoms with Crippen LogP contribution in [0.4, 0.5) is 0 Å². The lowest BCUT2D eigenvalue weighted by Gasteiger charge is -1.97. The van der Waals surface area contributed by atoms with Gasteiger partial charge in [-0.25, -0.2) is 4.79 Å². The van der Waals surface area contributed by atoms with E-state index in [2.05, 4.69) is 22.7 Å². The molecule has 0 aromatic heterocycles. The number of esters is 1. The fourth-order valence-electron chi connectivity index (χ4n) is 1.41. The van der Waals surface area contributed by atoms with Gasteiger partial charge in [0.2, 0.25) is 0 Å². The molecule has 0 unspecified atom stereocenters. The number of ether oxygens (including phenoxy) is 1. The van der Waals surface area contributed by atoms with Gasteiger partial charge in [-0.05, 0) is 49.1 Å². The summed E-state index contributed by atoms with van der Waals surface area (Å²) in [7, 11) is 1.37. The average Bonchev–Trinajstić information content (AvgIpc) is 3.18. The van der Waals surface area contributed by atoms with E-state index in [0.29, 0.717) is 5.56 Å². The van der Waals surface area contributed by atoms with Crippen LogP contribution in [-0.4, -0.2) is 13.1 Å². The van der Waals surface area contributed by atoms with Crippen LogP contribution in [0.2, 0.25) is 0 Å². The van der Waals surface area contributed by atoms with Crippen molar-refractivity contribution < 1.29 is 9.53 Å². The van der Waals surface area contributed by atoms with Crippen molar-refractivity contribution in [2.24, 2.45) is 5.92 Å². The summed E-state index contributed by atoms with van der Waals surface area (Å²) in [6.07, 6.45) is 6.65. The molecule has 2 heteroatoms. The standard InChI is InChI=1S/C15H14O2/c1-17-15(16)14-10-8-13(9-11-14)5-3-2-4-12-6-7-12/h2,4,8-12H,6-7H2,1H3. The first-order chi connectivity index (χ1) is 8.29. The molecule has 0 radical (unpaired) electrons. The van der Waals surface area contributed by atoms with E-state index in [1.165, 1.54) is 20.0 Å². The second-order valence-electron chi connectivity index (χ2n) is 4.03. The smallest absolute Gasteiger partial charge is 0.337 e. The Bertz CT molecular complexity index is 482. The topological polar surface area (TPSA) is 26.3 Å². The van der Waals surface area contributed by atoms with Gasteiger partial charge in [-0.3, -0.25) is 0 Å². The highest BCUT2D eigenvalue weighted by molar-refractivity contribution is 5.89. The van der Waals surface area contributed by atoms with Crippen molar-refractivity contribution in [3.8, 4) is 11.8 Å². The van der Waals surface area contributed by atoms with Crippen LogP contribution in [0.3, 0.4) is 0 Å². The summed E-state index contributed by atoms with van der Waals surface area (Å²) >= 11 is 0. The lowest BCUT2D eigenvalue weighted by atomic mass is 10.1. The van der Waals surface area contributed by atoms with E-state index < -0.39 is 0 Å². The van der Waals surface area contributed by atoms with E-state index in [4.69, 9.17) is 0 Å². The summed E-state index contributed by atoms with van der Waals surface area (Å²) < 4.78 is 4.62. The largest absolute Gasteiger partial charge is 0.465 e.